The number of fused-ring (bicyclic) bond motifs is 1. The molecule has 3 unspecified atom stereocenters. The highest BCUT2D eigenvalue weighted by molar-refractivity contribution is 5.79. The minimum absolute atomic E-state index is 0.118. The summed E-state index contributed by atoms with van der Waals surface area (Å²) in [6, 6.07) is -0.656. The van der Waals surface area contributed by atoms with Gasteiger partial charge in [0.2, 0.25) is 0 Å². The van der Waals surface area contributed by atoms with E-state index >= 15 is 0 Å². The summed E-state index contributed by atoms with van der Waals surface area (Å²) in [6.45, 7) is 2.40. The fraction of sp³-hybridized carbons (Fsp3) is 0.643. The number of halogens is 1. The lowest BCUT2D eigenvalue weighted by Crippen LogP contribution is -2.40. The van der Waals surface area contributed by atoms with E-state index in [2.05, 4.69) is 9.97 Å². The highest BCUT2D eigenvalue weighted by Crippen LogP contribution is 2.44. The van der Waals surface area contributed by atoms with Gasteiger partial charge in [-0.25, -0.2) is 19.2 Å². The van der Waals surface area contributed by atoms with Crippen LogP contribution in [0.1, 0.15) is 31.9 Å². The van der Waals surface area contributed by atoms with Crippen LogP contribution in [0.2, 0.25) is 0 Å². The maximum absolute atomic E-state index is 14.4. The van der Waals surface area contributed by atoms with Gasteiger partial charge < -0.3 is 10.0 Å². The van der Waals surface area contributed by atoms with Gasteiger partial charge in [-0.05, 0) is 31.1 Å². The Morgan fingerprint density at radius 2 is 2.30 bits per heavy atom. The third-order valence-electron chi connectivity index (χ3n) is 4.59. The molecule has 2 heterocycles. The molecule has 3 rings (SSSR count). The van der Waals surface area contributed by atoms with Crippen molar-refractivity contribution in [1.29, 1.82) is 0 Å². The molecule has 1 N–H and O–H groups in total. The van der Waals surface area contributed by atoms with Gasteiger partial charge in [0.15, 0.2) is 11.6 Å². The van der Waals surface area contributed by atoms with Gasteiger partial charge >= 0.3 is 5.97 Å². The molecule has 1 saturated carbocycles. The van der Waals surface area contributed by atoms with Gasteiger partial charge in [0.05, 0.1) is 5.69 Å². The number of carboxylic acid groups (broad SMARTS) is 1. The van der Waals surface area contributed by atoms with E-state index in [4.69, 9.17) is 0 Å². The lowest BCUT2D eigenvalue weighted by molar-refractivity contribution is -0.139. The van der Waals surface area contributed by atoms with Crippen molar-refractivity contribution in [2.45, 2.75) is 38.6 Å². The summed E-state index contributed by atoms with van der Waals surface area (Å²) in [4.78, 5) is 21.1. The molecule has 5 nitrogen and oxygen atoms in total. The predicted molar refractivity (Wildman–Crippen MR) is 71.0 cm³/mol. The van der Waals surface area contributed by atoms with E-state index < -0.39 is 17.8 Å². The highest BCUT2D eigenvalue weighted by atomic mass is 19.1. The summed E-state index contributed by atoms with van der Waals surface area (Å²) >= 11 is 0. The van der Waals surface area contributed by atoms with Crippen LogP contribution in [0, 0.1) is 17.7 Å². The van der Waals surface area contributed by atoms with Gasteiger partial charge in [-0.2, -0.15) is 0 Å². The molecule has 0 spiro atoms. The van der Waals surface area contributed by atoms with Crippen molar-refractivity contribution in [2.75, 3.05) is 11.4 Å². The first kappa shape index (κ1) is 13.3. The molecule has 2 aliphatic rings. The van der Waals surface area contributed by atoms with Crippen LogP contribution >= 0.6 is 0 Å². The Balaban J connectivity index is 1.99. The number of anilines is 1. The van der Waals surface area contributed by atoms with Crippen LogP contribution in [-0.2, 0) is 11.2 Å². The second-order valence-corrected chi connectivity index (χ2v) is 5.60. The summed E-state index contributed by atoms with van der Waals surface area (Å²) in [6.07, 6.45) is 4.80. The Labute approximate surface area is 116 Å². The molecule has 20 heavy (non-hydrogen) atoms. The van der Waals surface area contributed by atoms with E-state index in [1.54, 1.807) is 4.90 Å². The molecule has 0 radical (unpaired) electrons. The van der Waals surface area contributed by atoms with Crippen LogP contribution in [-0.4, -0.2) is 33.6 Å². The monoisotopic (exact) mass is 279 g/mol. The van der Waals surface area contributed by atoms with E-state index in [0.29, 0.717) is 24.6 Å². The van der Waals surface area contributed by atoms with Gasteiger partial charge in [-0.15, -0.1) is 0 Å². The summed E-state index contributed by atoms with van der Waals surface area (Å²) in [5, 5.41) is 9.50. The molecule has 1 aliphatic heterocycles. The topological polar surface area (TPSA) is 66.3 Å². The van der Waals surface area contributed by atoms with E-state index in [1.165, 1.54) is 6.33 Å². The van der Waals surface area contributed by atoms with E-state index in [9.17, 15) is 14.3 Å². The maximum atomic E-state index is 14.4. The minimum Gasteiger partial charge on any atom is -0.480 e. The number of hydrogen-bond donors (Lipinski definition) is 1. The first-order valence-corrected chi connectivity index (χ1v) is 7.12. The van der Waals surface area contributed by atoms with Crippen LogP contribution in [0.4, 0.5) is 10.2 Å². The van der Waals surface area contributed by atoms with Gasteiger partial charge in [-0.3, -0.25) is 0 Å². The summed E-state index contributed by atoms with van der Waals surface area (Å²) in [5.74, 6) is -0.738. The van der Waals surface area contributed by atoms with Crippen molar-refractivity contribution in [1.82, 2.24) is 9.97 Å². The summed E-state index contributed by atoms with van der Waals surface area (Å²) in [5.41, 5.74) is 0.344. The third-order valence-corrected chi connectivity index (χ3v) is 4.59. The number of carboxylic acids is 1. The highest BCUT2D eigenvalue weighted by Gasteiger charge is 2.49. The first-order valence-electron chi connectivity index (χ1n) is 7.12. The zero-order valence-electron chi connectivity index (χ0n) is 11.4. The molecule has 0 amide bonds. The second kappa shape index (κ2) is 5.00. The Bertz CT molecular complexity index is 537. The van der Waals surface area contributed by atoms with Crippen LogP contribution in [0.3, 0.4) is 0 Å². The Kier molecular flexibility index (Phi) is 3.31. The number of nitrogens with zero attached hydrogens (tertiary/aromatic N) is 3. The van der Waals surface area contributed by atoms with Crippen molar-refractivity contribution >= 4 is 11.8 Å². The molecule has 1 aromatic rings. The van der Waals surface area contributed by atoms with Crippen molar-refractivity contribution in [3.8, 4) is 0 Å². The Morgan fingerprint density at radius 3 is 3.00 bits per heavy atom. The number of rotatable bonds is 3. The SMILES string of the molecule is CCc1ncnc(N2CC3CCCC3C2C(=O)O)c1F. The zero-order valence-corrected chi connectivity index (χ0v) is 11.4. The molecular formula is C14H18FN3O2. The number of aryl methyl sites for hydroxylation is 1. The molecule has 0 bridgehead atoms. The molecule has 1 saturated heterocycles. The molecule has 1 aromatic heterocycles. The van der Waals surface area contributed by atoms with Crippen molar-refractivity contribution < 1.29 is 14.3 Å². The average Bonchev–Trinajstić information content (AvgIpc) is 2.98. The predicted octanol–water partition coefficient (Wildman–Crippen LogP) is 1.87. The molecule has 6 heteroatoms. The fourth-order valence-electron chi connectivity index (χ4n) is 3.68. The van der Waals surface area contributed by atoms with Crippen molar-refractivity contribution in [3.05, 3.63) is 17.8 Å². The first-order chi connectivity index (χ1) is 9.63. The van der Waals surface area contributed by atoms with Crippen molar-refractivity contribution in [2.24, 2.45) is 11.8 Å². The van der Waals surface area contributed by atoms with E-state index in [1.807, 2.05) is 6.92 Å². The molecule has 108 valence electrons. The van der Waals surface area contributed by atoms with Crippen LogP contribution in [0.25, 0.3) is 0 Å². The van der Waals surface area contributed by atoms with Crippen LogP contribution in [0.15, 0.2) is 6.33 Å². The third kappa shape index (κ3) is 1.94. The van der Waals surface area contributed by atoms with Crippen LogP contribution < -0.4 is 4.90 Å². The summed E-state index contributed by atoms with van der Waals surface area (Å²) < 4.78 is 14.4. The molecule has 1 aliphatic carbocycles. The average molecular weight is 279 g/mol. The van der Waals surface area contributed by atoms with Gasteiger partial charge in [0.25, 0.3) is 0 Å². The molecule has 2 fully saturated rings. The van der Waals surface area contributed by atoms with Gasteiger partial charge in [-0.1, -0.05) is 13.3 Å². The Morgan fingerprint density at radius 1 is 1.50 bits per heavy atom. The molecule has 0 aromatic carbocycles. The smallest absolute Gasteiger partial charge is 0.326 e. The zero-order chi connectivity index (χ0) is 14.3. The van der Waals surface area contributed by atoms with E-state index in [-0.39, 0.29) is 11.7 Å². The largest absolute Gasteiger partial charge is 0.480 e. The maximum Gasteiger partial charge on any atom is 0.326 e. The normalized spacial score (nSPS) is 28.7. The lowest BCUT2D eigenvalue weighted by atomic mass is 9.94. The standard InChI is InChI=1S/C14H18FN3O2/c1-2-10-11(15)13(17-7-16-10)18-6-8-4-3-5-9(8)12(18)14(19)20/h7-9,12H,2-6H2,1H3,(H,19,20). The Hall–Kier alpha value is -1.72. The lowest BCUT2D eigenvalue weighted by Gasteiger charge is -2.25. The summed E-state index contributed by atoms with van der Waals surface area (Å²) in [7, 11) is 0. The molecular weight excluding hydrogens is 261 g/mol. The number of aliphatic carboxylic acids is 1. The quantitative estimate of drug-likeness (QED) is 0.915. The van der Waals surface area contributed by atoms with Crippen LogP contribution in [0.5, 0.6) is 0 Å². The van der Waals surface area contributed by atoms with E-state index in [0.717, 1.165) is 19.3 Å². The number of hydrogen-bond acceptors (Lipinski definition) is 4. The van der Waals surface area contributed by atoms with Crippen molar-refractivity contribution in [3.63, 3.8) is 0 Å². The number of aromatic nitrogens is 2. The molecule has 3 atom stereocenters. The second-order valence-electron chi connectivity index (χ2n) is 5.60. The fourth-order valence-corrected chi connectivity index (χ4v) is 3.68. The van der Waals surface area contributed by atoms with Gasteiger partial charge in [0.1, 0.15) is 12.4 Å². The van der Waals surface area contributed by atoms with Gasteiger partial charge in [0, 0.05) is 6.54 Å². The minimum atomic E-state index is -0.879. The number of carbonyl (C=O) groups is 1.